The van der Waals surface area contributed by atoms with Crippen molar-refractivity contribution in [2.24, 2.45) is 7.05 Å². The average Bonchev–Trinajstić information content (AvgIpc) is 2.78. The number of aryl methyl sites for hydroxylation is 1. The Morgan fingerprint density at radius 2 is 1.86 bits per heavy atom. The summed E-state index contributed by atoms with van der Waals surface area (Å²) in [4.78, 5) is 13.8. The molecule has 0 aliphatic carbocycles. The molecule has 114 valence electrons. The van der Waals surface area contributed by atoms with Gasteiger partial charge in [0.1, 0.15) is 11.0 Å². The lowest BCUT2D eigenvalue weighted by Crippen LogP contribution is -2.54. The van der Waals surface area contributed by atoms with Gasteiger partial charge < -0.3 is 0 Å². The highest BCUT2D eigenvalue weighted by molar-refractivity contribution is 6.33. The second-order valence-electron chi connectivity index (χ2n) is 5.99. The Bertz CT molecular complexity index is 642. The zero-order chi connectivity index (χ0) is 15.1. The van der Waals surface area contributed by atoms with Crippen molar-refractivity contribution < 1.29 is 0 Å². The lowest BCUT2D eigenvalue weighted by molar-refractivity contribution is 0.0542. The van der Waals surface area contributed by atoms with Gasteiger partial charge in [0.15, 0.2) is 5.65 Å². The van der Waals surface area contributed by atoms with Crippen molar-refractivity contribution in [1.29, 1.82) is 0 Å². The van der Waals surface area contributed by atoms with Crippen molar-refractivity contribution in [2.75, 3.05) is 20.1 Å². The van der Waals surface area contributed by atoms with Crippen LogP contribution in [0.2, 0.25) is 5.15 Å². The second kappa shape index (κ2) is 5.51. The molecule has 6 nitrogen and oxygen atoms in total. The van der Waals surface area contributed by atoms with Crippen LogP contribution >= 0.6 is 11.6 Å². The van der Waals surface area contributed by atoms with E-state index in [1.54, 1.807) is 10.9 Å². The van der Waals surface area contributed by atoms with Crippen molar-refractivity contribution >= 4 is 22.6 Å². The van der Waals surface area contributed by atoms with Crippen LogP contribution in [-0.2, 0) is 13.6 Å². The van der Waals surface area contributed by atoms with Gasteiger partial charge in [-0.3, -0.25) is 14.5 Å². The summed E-state index contributed by atoms with van der Waals surface area (Å²) in [5.41, 5.74) is 0.792. The minimum atomic E-state index is 0.485. The number of piperazine rings is 1. The van der Waals surface area contributed by atoms with Gasteiger partial charge in [0.2, 0.25) is 0 Å². The molecule has 7 heteroatoms. The van der Waals surface area contributed by atoms with E-state index in [4.69, 9.17) is 11.6 Å². The molecule has 0 amide bonds. The van der Waals surface area contributed by atoms with Crippen LogP contribution in [-0.4, -0.2) is 61.8 Å². The van der Waals surface area contributed by atoms with Crippen molar-refractivity contribution in [3.8, 4) is 0 Å². The Morgan fingerprint density at radius 3 is 2.52 bits per heavy atom. The predicted octanol–water partition coefficient (Wildman–Crippen LogP) is 1.54. The minimum absolute atomic E-state index is 0.485. The molecule has 0 radical (unpaired) electrons. The van der Waals surface area contributed by atoms with Gasteiger partial charge in [0.25, 0.3) is 0 Å². The molecule has 0 saturated carbocycles. The lowest BCUT2D eigenvalue weighted by Gasteiger charge is -2.42. The van der Waals surface area contributed by atoms with E-state index in [1.165, 1.54) is 0 Å². The van der Waals surface area contributed by atoms with Crippen LogP contribution in [0.25, 0.3) is 11.0 Å². The molecule has 2 unspecified atom stereocenters. The van der Waals surface area contributed by atoms with Gasteiger partial charge in [-0.1, -0.05) is 11.6 Å². The topological polar surface area (TPSA) is 50.1 Å². The summed E-state index contributed by atoms with van der Waals surface area (Å²) in [6.45, 7) is 7.27. The van der Waals surface area contributed by atoms with Gasteiger partial charge in [-0.05, 0) is 20.9 Å². The minimum Gasteiger partial charge on any atom is -0.298 e. The van der Waals surface area contributed by atoms with Crippen LogP contribution in [0, 0.1) is 0 Å². The van der Waals surface area contributed by atoms with E-state index in [9.17, 15) is 0 Å². The number of hydrogen-bond donors (Lipinski definition) is 0. The van der Waals surface area contributed by atoms with Crippen molar-refractivity contribution in [3.63, 3.8) is 0 Å². The third-order valence-electron chi connectivity index (χ3n) is 4.39. The quantitative estimate of drug-likeness (QED) is 0.788. The highest BCUT2D eigenvalue weighted by Gasteiger charge is 2.27. The number of aromatic nitrogens is 4. The van der Waals surface area contributed by atoms with Gasteiger partial charge in [0, 0.05) is 32.2 Å². The molecule has 1 aliphatic heterocycles. The maximum absolute atomic E-state index is 6.24. The summed E-state index contributed by atoms with van der Waals surface area (Å²) in [7, 11) is 4.05. The van der Waals surface area contributed by atoms with Gasteiger partial charge in [-0.15, -0.1) is 0 Å². The molecule has 2 aromatic heterocycles. The third kappa shape index (κ3) is 2.75. The molecule has 0 N–H and O–H groups in total. The first-order valence-corrected chi connectivity index (χ1v) is 7.62. The molecule has 3 rings (SSSR count). The first kappa shape index (κ1) is 14.7. The molecule has 2 atom stereocenters. The first-order valence-electron chi connectivity index (χ1n) is 7.24. The fourth-order valence-corrected chi connectivity index (χ4v) is 3.17. The molecule has 2 aromatic rings. The van der Waals surface area contributed by atoms with E-state index >= 15 is 0 Å². The Morgan fingerprint density at radius 1 is 1.19 bits per heavy atom. The summed E-state index contributed by atoms with van der Waals surface area (Å²) < 4.78 is 1.74. The van der Waals surface area contributed by atoms with E-state index in [0.717, 1.165) is 36.5 Å². The zero-order valence-electron chi connectivity index (χ0n) is 12.9. The first-order chi connectivity index (χ1) is 9.95. The number of likely N-dealkylation sites (N-methyl/N-ethyl adjacent to an activating group) is 1. The molecule has 0 aromatic carbocycles. The molecule has 1 saturated heterocycles. The van der Waals surface area contributed by atoms with E-state index in [2.05, 4.69) is 45.8 Å². The number of nitrogens with zero attached hydrogens (tertiary/aromatic N) is 6. The highest BCUT2D eigenvalue weighted by atomic mass is 35.5. The number of halogens is 1. The Balaban J connectivity index is 1.83. The molecular weight excluding hydrogens is 288 g/mol. The smallest absolute Gasteiger partial charge is 0.162 e. The highest BCUT2D eigenvalue weighted by Crippen LogP contribution is 2.21. The van der Waals surface area contributed by atoms with Crippen LogP contribution in [0.3, 0.4) is 0 Å². The molecular formula is C14H21ClN6. The monoisotopic (exact) mass is 308 g/mol. The van der Waals surface area contributed by atoms with E-state index in [1.807, 2.05) is 7.05 Å². The van der Waals surface area contributed by atoms with E-state index in [-0.39, 0.29) is 0 Å². The molecule has 1 aliphatic rings. The average molecular weight is 309 g/mol. The fraction of sp³-hybridized carbons (Fsp3) is 0.643. The van der Waals surface area contributed by atoms with Crippen LogP contribution < -0.4 is 0 Å². The summed E-state index contributed by atoms with van der Waals surface area (Å²) in [6.07, 6.45) is 1.71. The Labute approximate surface area is 129 Å². The zero-order valence-corrected chi connectivity index (χ0v) is 13.7. The maximum atomic E-state index is 6.24. The molecule has 0 bridgehead atoms. The van der Waals surface area contributed by atoms with E-state index < -0.39 is 0 Å². The van der Waals surface area contributed by atoms with E-state index in [0.29, 0.717) is 17.2 Å². The molecule has 21 heavy (non-hydrogen) atoms. The van der Waals surface area contributed by atoms with Crippen LogP contribution in [0.4, 0.5) is 0 Å². The summed E-state index contributed by atoms with van der Waals surface area (Å²) in [6, 6.07) is 1.06. The van der Waals surface area contributed by atoms with Gasteiger partial charge >= 0.3 is 0 Å². The van der Waals surface area contributed by atoms with Crippen molar-refractivity contribution in [3.05, 3.63) is 17.2 Å². The number of rotatable bonds is 2. The fourth-order valence-electron chi connectivity index (χ4n) is 2.94. The largest absolute Gasteiger partial charge is 0.298 e. The second-order valence-corrected chi connectivity index (χ2v) is 6.35. The van der Waals surface area contributed by atoms with Gasteiger partial charge in [0.05, 0.1) is 18.1 Å². The Hall–Kier alpha value is -1.24. The third-order valence-corrected chi connectivity index (χ3v) is 4.68. The van der Waals surface area contributed by atoms with Crippen LogP contribution in [0.5, 0.6) is 0 Å². The van der Waals surface area contributed by atoms with Crippen LogP contribution in [0.1, 0.15) is 19.7 Å². The summed E-state index contributed by atoms with van der Waals surface area (Å²) in [5.74, 6) is 0.764. The number of hydrogen-bond acceptors (Lipinski definition) is 5. The number of fused-ring (bicyclic) bond motifs is 1. The lowest BCUT2D eigenvalue weighted by atomic mass is 10.1. The van der Waals surface area contributed by atoms with Gasteiger partial charge in [-0.2, -0.15) is 5.10 Å². The normalized spacial score (nSPS) is 24.8. The molecule has 1 fully saturated rings. The van der Waals surface area contributed by atoms with Crippen molar-refractivity contribution in [1.82, 2.24) is 29.5 Å². The van der Waals surface area contributed by atoms with Crippen molar-refractivity contribution in [2.45, 2.75) is 32.5 Å². The predicted molar refractivity (Wildman–Crippen MR) is 83.3 cm³/mol. The standard InChI is InChI=1S/C14H21ClN6/c1-9-6-21(7-10(2)19(9)3)8-12-17-13(15)11-5-16-20(4)14(11)18-12/h5,9-10H,6-8H2,1-4H3. The van der Waals surface area contributed by atoms with Gasteiger partial charge in [-0.25, -0.2) is 9.97 Å². The summed E-state index contributed by atoms with van der Waals surface area (Å²) >= 11 is 6.24. The maximum Gasteiger partial charge on any atom is 0.162 e. The molecule has 0 spiro atoms. The SMILES string of the molecule is CC1CN(Cc2nc(Cl)c3cnn(C)c3n2)CC(C)N1C. The Kier molecular flexibility index (Phi) is 3.86. The summed E-state index contributed by atoms with van der Waals surface area (Å²) in [5, 5.41) is 5.48. The molecule has 3 heterocycles. The van der Waals surface area contributed by atoms with Crippen LogP contribution in [0.15, 0.2) is 6.20 Å².